The van der Waals surface area contributed by atoms with Crippen LogP contribution in [0.5, 0.6) is 0 Å². The molecular weight excluding hydrogens is 292 g/mol. The Morgan fingerprint density at radius 3 is 2.08 bits per heavy atom. The van der Waals surface area contributed by atoms with Crippen molar-refractivity contribution in [2.75, 3.05) is 0 Å². The molecule has 2 heteroatoms. The van der Waals surface area contributed by atoms with Crippen molar-refractivity contribution >= 4 is 31.9 Å². The monoisotopic (exact) mass is 310 g/mol. The van der Waals surface area contributed by atoms with Crippen molar-refractivity contribution in [3.8, 4) is 0 Å². The minimum Gasteiger partial charge on any atom is -0.0654 e. The zero-order valence-corrected chi connectivity index (χ0v) is 11.7. The summed E-state index contributed by atoms with van der Waals surface area (Å²) in [5, 5.41) is 0. The largest absolute Gasteiger partial charge is 0.0654 e. The summed E-state index contributed by atoms with van der Waals surface area (Å²) in [5.74, 6) is 0. The number of unbranched alkanes of at least 4 members (excludes halogenated alkanes) is 6. The van der Waals surface area contributed by atoms with Gasteiger partial charge in [-0.1, -0.05) is 77.3 Å². The van der Waals surface area contributed by atoms with Crippen LogP contribution in [0.15, 0.2) is 9.47 Å². The van der Waals surface area contributed by atoms with Crippen LogP contribution in [-0.2, 0) is 0 Å². The van der Waals surface area contributed by atoms with Crippen LogP contribution in [0, 0.1) is 0 Å². The number of halogens is 2. The minimum absolute atomic E-state index is 1.18. The molecule has 0 heterocycles. The van der Waals surface area contributed by atoms with E-state index in [-0.39, 0.29) is 0 Å². The van der Waals surface area contributed by atoms with E-state index in [0.717, 1.165) is 0 Å². The highest BCUT2D eigenvalue weighted by Gasteiger charge is 1.92. The van der Waals surface area contributed by atoms with Gasteiger partial charge in [0.05, 0.1) is 0 Å². The van der Waals surface area contributed by atoms with Crippen molar-refractivity contribution in [1.82, 2.24) is 0 Å². The summed E-state index contributed by atoms with van der Waals surface area (Å²) in [4.78, 5) is 1.96. The molecule has 78 valence electrons. The van der Waals surface area contributed by atoms with E-state index in [1.807, 2.05) is 4.99 Å². The van der Waals surface area contributed by atoms with E-state index >= 15 is 0 Å². The fraction of sp³-hybridized carbons (Fsp3) is 0.818. The zero-order valence-electron chi connectivity index (χ0n) is 8.49. The molecule has 0 saturated carbocycles. The van der Waals surface area contributed by atoms with E-state index in [1.165, 1.54) is 55.8 Å². The molecule has 0 aliphatic rings. The number of rotatable bonds is 8. The summed E-state index contributed by atoms with van der Waals surface area (Å²) < 4.78 is 1.28. The van der Waals surface area contributed by atoms with Crippen LogP contribution >= 0.6 is 31.9 Å². The van der Waals surface area contributed by atoms with Gasteiger partial charge in [0.15, 0.2) is 0 Å². The molecule has 0 aliphatic carbocycles. The van der Waals surface area contributed by atoms with Gasteiger partial charge in [-0.3, -0.25) is 0 Å². The van der Waals surface area contributed by atoms with Crippen molar-refractivity contribution in [3.63, 3.8) is 0 Å². The van der Waals surface area contributed by atoms with Gasteiger partial charge in [-0.2, -0.15) is 0 Å². The lowest BCUT2D eigenvalue weighted by molar-refractivity contribution is 0.591. The van der Waals surface area contributed by atoms with E-state index in [4.69, 9.17) is 0 Å². The minimum atomic E-state index is 1.18. The molecule has 0 saturated heterocycles. The maximum absolute atomic E-state index is 3.49. The number of allylic oxidation sites excluding steroid dienone is 1. The average molecular weight is 312 g/mol. The highest BCUT2D eigenvalue weighted by Crippen LogP contribution is 2.17. The summed E-state index contributed by atoms with van der Waals surface area (Å²) in [5.41, 5.74) is 0. The molecule has 0 fully saturated rings. The van der Waals surface area contributed by atoms with E-state index < -0.39 is 0 Å². The van der Waals surface area contributed by atoms with Crippen molar-refractivity contribution in [1.29, 1.82) is 0 Å². The Balaban J connectivity index is 3.00. The Hall–Kier alpha value is 0.700. The van der Waals surface area contributed by atoms with Gasteiger partial charge in [0.1, 0.15) is 0 Å². The molecule has 0 aromatic heterocycles. The Morgan fingerprint density at radius 2 is 1.54 bits per heavy atom. The van der Waals surface area contributed by atoms with E-state index in [9.17, 15) is 0 Å². The van der Waals surface area contributed by atoms with Gasteiger partial charge in [-0.25, -0.2) is 0 Å². The van der Waals surface area contributed by atoms with Gasteiger partial charge in [0.25, 0.3) is 0 Å². The first-order valence-corrected chi connectivity index (χ1v) is 6.97. The van der Waals surface area contributed by atoms with Crippen LogP contribution in [-0.4, -0.2) is 0 Å². The van der Waals surface area contributed by atoms with Crippen molar-refractivity contribution in [2.24, 2.45) is 0 Å². The fourth-order valence-electron chi connectivity index (χ4n) is 1.31. The first-order valence-electron chi connectivity index (χ1n) is 5.26. The Labute approximate surface area is 99.4 Å². The summed E-state index contributed by atoms with van der Waals surface area (Å²) >= 11 is 6.79. The SMILES string of the molecule is CCCCCCCCC/C(Br)=C\Br. The second-order valence-electron chi connectivity index (χ2n) is 3.43. The first-order chi connectivity index (χ1) is 6.31. The molecule has 0 amide bonds. The molecule has 0 aromatic carbocycles. The molecule has 0 rings (SSSR count). The quantitative estimate of drug-likeness (QED) is 0.500. The summed E-state index contributed by atoms with van der Waals surface area (Å²) in [6, 6.07) is 0. The summed E-state index contributed by atoms with van der Waals surface area (Å²) in [6.07, 6.45) is 10.9. The summed E-state index contributed by atoms with van der Waals surface area (Å²) in [6.45, 7) is 2.26. The van der Waals surface area contributed by atoms with Gasteiger partial charge >= 0.3 is 0 Å². The fourth-order valence-corrected chi connectivity index (χ4v) is 1.81. The van der Waals surface area contributed by atoms with Gasteiger partial charge in [-0.05, 0) is 17.8 Å². The van der Waals surface area contributed by atoms with E-state index in [1.54, 1.807) is 0 Å². The molecular formula is C11H20Br2. The second-order valence-corrected chi connectivity index (χ2v) is 4.90. The normalized spacial score (nSPS) is 12.1. The smallest absolute Gasteiger partial charge is 0.00197 e. The highest BCUT2D eigenvalue weighted by atomic mass is 79.9. The molecule has 0 spiro atoms. The lowest BCUT2D eigenvalue weighted by atomic mass is 10.1. The third-order valence-electron chi connectivity index (χ3n) is 2.14. The summed E-state index contributed by atoms with van der Waals surface area (Å²) in [7, 11) is 0. The number of hydrogen-bond donors (Lipinski definition) is 0. The van der Waals surface area contributed by atoms with Crippen LogP contribution in [0.25, 0.3) is 0 Å². The van der Waals surface area contributed by atoms with Gasteiger partial charge in [0.2, 0.25) is 0 Å². The zero-order chi connectivity index (χ0) is 9.94. The number of hydrogen-bond acceptors (Lipinski definition) is 0. The molecule has 0 N–H and O–H groups in total. The Kier molecular flexibility index (Phi) is 11.4. The molecule has 0 radical (unpaired) electrons. The maximum atomic E-state index is 3.49. The Bertz CT molecular complexity index is 130. The predicted molar refractivity (Wildman–Crippen MR) is 68.5 cm³/mol. The first kappa shape index (κ1) is 13.7. The Morgan fingerprint density at radius 1 is 1.00 bits per heavy atom. The lowest BCUT2D eigenvalue weighted by Gasteiger charge is -2.00. The molecule has 0 unspecified atom stereocenters. The van der Waals surface area contributed by atoms with Crippen LogP contribution in [0.3, 0.4) is 0 Å². The topological polar surface area (TPSA) is 0 Å². The van der Waals surface area contributed by atoms with Crippen molar-refractivity contribution in [3.05, 3.63) is 9.47 Å². The standard InChI is InChI=1S/C11H20Br2/c1-2-3-4-5-6-7-8-9-11(13)10-12/h10H,2-9H2,1H3/b11-10+. The third-order valence-corrected chi connectivity index (χ3v) is 3.93. The molecule has 0 atom stereocenters. The molecule has 0 aromatic rings. The van der Waals surface area contributed by atoms with Crippen LogP contribution in [0.4, 0.5) is 0 Å². The predicted octanol–water partition coefficient (Wildman–Crippen LogP) is 5.76. The van der Waals surface area contributed by atoms with Gasteiger partial charge in [-0.15, -0.1) is 0 Å². The van der Waals surface area contributed by atoms with Gasteiger partial charge in [0, 0.05) is 4.48 Å². The highest BCUT2D eigenvalue weighted by molar-refractivity contribution is 9.14. The van der Waals surface area contributed by atoms with E-state index in [0.29, 0.717) is 0 Å². The second kappa shape index (κ2) is 10.8. The van der Waals surface area contributed by atoms with Crippen LogP contribution < -0.4 is 0 Å². The molecule has 13 heavy (non-hydrogen) atoms. The van der Waals surface area contributed by atoms with Crippen molar-refractivity contribution in [2.45, 2.75) is 58.3 Å². The van der Waals surface area contributed by atoms with Crippen LogP contribution in [0.1, 0.15) is 58.3 Å². The third kappa shape index (κ3) is 10.6. The maximum Gasteiger partial charge on any atom is 0.00197 e. The van der Waals surface area contributed by atoms with Gasteiger partial charge < -0.3 is 0 Å². The van der Waals surface area contributed by atoms with E-state index in [2.05, 4.69) is 38.8 Å². The van der Waals surface area contributed by atoms with Crippen molar-refractivity contribution < 1.29 is 0 Å². The molecule has 0 nitrogen and oxygen atoms in total. The average Bonchev–Trinajstić information content (AvgIpc) is 2.16. The lowest BCUT2D eigenvalue weighted by Crippen LogP contribution is -1.80. The van der Waals surface area contributed by atoms with Crippen LogP contribution in [0.2, 0.25) is 0 Å². The molecule has 0 bridgehead atoms. The molecule has 0 aliphatic heterocycles.